The lowest BCUT2D eigenvalue weighted by atomic mass is 10.1. The smallest absolute Gasteiger partial charge is 0.261 e. The maximum absolute atomic E-state index is 12.7. The predicted molar refractivity (Wildman–Crippen MR) is 114 cm³/mol. The molecule has 1 amide bonds. The van der Waals surface area contributed by atoms with Crippen molar-refractivity contribution in [2.24, 2.45) is 0 Å². The van der Waals surface area contributed by atoms with Crippen molar-refractivity contribution in [1.29, 1.82) is 0 Å². The number of nitrogens with one attached hydrogen (secondary N) is 2. The molecule has 0 saturated carbocycles. The summed E-state index contributed by atoms with van der Waals surface area (Å²) in [6.45, 7) is 2.85. The quantitative estimate of drug-likeness (QED) is 0.465. The highest BCUT2D eigenvalue weighted by Crippen LogP contribution is 2.23. The van der Waals surface area contributed by atoms with Gasteiger partial charge in [0.25, 0.3) is 5.91 Å². The number of hydrogen-bond donors (Lipinski definition) is 2. The first-order chi connectivity index (χ1) is 13.0. The molecule has 27 heavy (non-hydrogen) atoms. The molecule has 144 valence electrons. The van der Waals surface area contributed by atoms with E-state index in [9.17, 15) is 4.79 Å². The molecule has 2 aromatic rings. The SMILES string of the molecule is CCC(NC(=S)NC(=O)c1cc(Br)ccc1OCCOC)c1ccccc1. The van der Waals surface area contributed by atoms with Crippen LogP contribution in [0, 0.1) is 0 Å². The maximum Gasteiger partial charge on any atom is 0.261 e. The fourth-order valence-corrected chi connectivity index (χ4v) is 3.11. The van der Waals surface area contributed by atoms with Crippen molar-refractivity contribution in [3.63, 3.8) is 0 Å². The van der Waals surface area contributed by atoms with Crippen molar-refractivity contribution in [2.45, 2.75) is 19.4 Å². The number of carbonyl (C=O) groups is 1. The first-order valence-corrected chi connectivity index (χ1v) is 9.83. The molecule has 0 aromatic heterocycles. The van der Waals surface area contributed by atoms with Crippen LogP contribution in [0.2, 0.25) is 0 Å². The van der Waals surface area contributed by atoms with Crippen LogP contribution < -0.4 is 15.4 Å². The topological polar surface area (TPSA) is 59.6 Å². The van der Waals surface area contributed by atoms with Crippen molar-refractivity contribution >= 4 is 39.2 Å². The van der Waals surface area contributed by atoms with E-state index in [0.29, 0.717) is 24.5 Å². The molecule has 2 N–H and O–H groups in total. The number of thiocarbonyl (C=S) groups is 1. The number of rotatable bonds is 8. The molecule has 1 unspecified atom stereocenters. The molecular weight excluding hydrogens is 428 g/mol. The zero-order valence-electron chi connectivity index (χ0n) is 15.3. The largest absolute Gasteiger partial charge is 0.490 e. The Bertz CT molecular complexity index is 771. The van der Waals surface area contributed by atoms with Gasteiger partial charge < -0.3 is 14.8 Å². The molecule has 7 heteroatoms. The lowest BCUT2D eigenvalue weighted by Crippen LogP contribution is -2.41. The first kappa shape index (κ1) is 21.3. The Morgan fingerprint density at radius 2 is 1.93 bits per heavy atom. The summed E-state index contributed by atoms with van der Waals surface area (Å²) in [6.07, 6.45) is 0.836. The summed E-state index contributed by atoms with van der Waals surface area (Å²) >= 11 is 8.73. The molecule has 1 atom stereocenters. The normalized spacial score (nSPS) is 11.5. The van der Waals surface area contributed by atoms with Crippen molar-refractivity contribution in [1.82, 2.24) is 10.6 Å². The molecule has 2 rings (SSSR count). The van der Waals surface area contributed by atoms with Gasteiger partial charge in [-0.2, -0.15) is 0 Å². The van der Waals surface area contributed by atoms with Crippen LogP contribution in [-0.4, -0.2) is 31.3 Å². The van der Waals surface area contributed by atoms with Crippen LogP contribution in [0.4, 0.5) is 0 Å². The van der Waals surface area contributed by atoms with Gasteiger partial charge in [0.2, 0.25) is 0 Å². The summed E-state index contributed by atoms with van der Waals surface area (Å²) in [7, 11) is 1.60. The standard InChI is InChI=1S/C20H23BrN2O3S/c1-3-17(14-7-5-4-6-8-14)22-20(27)23-19(24)16-13-15(21)9-10-18(16)26-12-11-25-2/h4-10,13,17H,3,11-12H2,1-2H3,(H2,22,23,24,27). The molecule has 0 heterocycles. The second-order valence-electron chi connectivity index (χ2n) is 5.78. The molecule has 0 aliphatic rings. The zero-order valence-corrected chi connectivity index (χ0v) is 17.7. The minimum Gasteiger partial charge on any atom is -0.490 e. The Morgan fingerprint density at radius 3 is 2.59 bits per heavy atom. The maximum atomic E-state index is 12.7. The summed E-state index contributed by atoms with van der Waals surface area (Å²) in [6, 6.07) is 15.3. The fourth-order valence-electron chi connectivity index (χ4n) is 2.51. The van der Waals surface area contributed by atoms with Gasteiger partial charge in [-0.1, -0.05) is 53.2 Å². The van der Waals surface area contributed by atoms with Crippen molar-refractivity contribution in [2.75, 3.05) is 20.3 Å². The Labute approximate surface area is 173 Å². The summed E-state index contributed by atoms with van der Waals surface area (Å²) in [5.41, 5.74) is 1.51. The molecule has 0 saturated heterocycles. The minimum absolute atomic E-state index is 0.0268. The summed E-state index contributed by atoms with van der Waals surface area (Å²) in [4.78, 5) is 12.7. The number of carbonyl (C=O) groups excluding carboxylic acids is 1. The number of hydrogen-bond acceptors (Lipinski definition) is 4. The Morgan fingerprint density at radius 1 is 1.19 bits per heavy atom. The van der Waals surface area contributed by atoms with E-state index in [1.807, 2.05) is 36.4 Å². The summed E-state index contributed by atoms with van der Waals surface area (Å²) < 4.78 is 11.4. The van der Waals surface area contributed by atoms with Crippen LogP contribution in [0.3, 0.4) is 0 Å². The van der Waals surface area contributed by atoms with Gasteiger partial charge in [-0.3, -0.25) is 10.1 Å². The first-order valence-electron chi connectivity index (χ1n) is 8.63. The Balaban J connectivity index is 2.05. The summed E-state index contributed by atoms with van der Waals surface area (Å²) in [5, 5.41) is 6.21. The van der Waals surface area contributed by atoms with Gasteiger partial charge in [0, 0.05) is 11.6 Å². The van der Waals surface area contributed by atoms with Gasteiger partial charge in [-0.15, -0.1) is 0 Å². The van der Waals surface area contributed by atoms with E-state index in [0.717, 1.165) is 16.5 Å². The van der Waals surface area contributed by atoms with Crippen LogP contribution >= 0.6 is 28.1 Å². The minimum atomic E-state index is -0.330. The van der Waals surface area contributed by atoms with E-state index in [1.54, 1.807) is 19.2 Å². The van der Waals surface area contributed by atoms with E-state index in [4.69, 9.17) is 21.7 Å². The highest BCUT2D eigenvalue weighted by Gasteiger charge is 2.17. The van der Waals surface area contributed by atoms with Crippen LogP contribution in [0.5, 0.6) is 5.75 Å². The van der Waals surface area contributed by atoms with Gasteiger partial charge in [0.1, 0.15) is 12.4 Å². The van der Waals surface area contributed by atoms with E-state index in [-0.39, 0.29) is 17.1 Å². The third-order valence-corrected chi connectivity index (χ3v) is 4.59. The number of ether oxygens (including phenoxy) is 2. The molecule has 0 fully saturated rings. The molecule has 5 nitrogen and oxygen atoms in total. The van der Waals surface area contributed by atoms with E-state index < -0.39 is 0 Å². The number of halogens is 1. The van der Waals surface area contributed by atoms with E-state index in [2.05, 4.69) is 33.5 Å². The zero-order chi connectivity index (χ0) is 19.6. The average Bonchev–Trinajstić information content (AvgIpc) is 2.68. The third-order valence-electron chi connectivity index (χ3n) is 3.87. The number of benzene rings is 2. The van der Waals surface area contributed by atoms with E-state index in [1.165, 1.54) is 0 Å². The number of amides is 1. The molecule has 0 aliphatic heterocycles. The van der Waals surface area contributed by atoms with Crippen molar-refractivity contribution < 1.29 is 14.3 Å². The van der Waals surface area contributed by atoms with Crippen LogP contribution in [-0.2, 0) is 4.74 Å². The third kappa shape index (κ3) is 6.61. The van der Waals surface area contributed by atoms with Crippen LogP contribution in [0.15, 0.2) is 53.0 Å². The van der Waals surface area contributed by atoms with E-state index >= 15 is 0 Å². The van der Waals surface area contributed by atoms with Crippen LogP contribution in [0.1, 0.15) is 35.3 Å². The second kappa shape index (κ2) is 11.0. The fraction of sp³-hybridized carbons (Fsp3) is 0.300. The lowest BCUT2D eigenvalue weighted by molar-refractivity contribution is 0.0968. The predicted octanol–water partition coefficient (Wildman–Crippen LogP) is 4.23. The van der Waals surface area contributed by atoms with Gasteiger partial charge in [-0.25, -0.2) is 0 Å². The lowest BCUT2D eigenvalue weighted by Gasteiger charge is -2.20. The second-order valence-corrected chi connectivity index (χ2v) is 7.10. The van der Waals surface area contributed by atoms with Crippen molar-refractivity contribution in [3.8, 4) is 5.75 Å². The molecule has 0 radical (unpaired) electrons. The molecule has 0 bridgehead atoms. The van der Waals surface area contributed by atoms with Crippen molar-refractivity contribution in [3.05, 3.63) is 64.1 Å². The van der Waals surface area contributed by atoms with Gasteiger partial charge in [0.15, 0.2) is 5.11 Å². The molecule has 2 aromatic carbocycles. The monoisotopic (exact) mass is 450 g/mol. The summed E-state index contributed by atoms with van der Waals surface area (Å²) in [5.74, 6) is 0.148. The Kier molecular flexibility index (Phi) is 8.71. The van der Waals surface area contributed by atoms with Crippen LogP contribution in [0.25, 0.3) is 0 Å². The molecule has 0 spiro atoms. The molecular formula is C20H23BrN2O3S. The number of methoxy groups -OCH3 is 1. The highest BCUT2D eigenvalue weighted by molar-refractivity contribution is 9.10. The van der Waals surface area contributed by atoms with Gasteiger partial charge in [-0.05, 0) is 42.4 Å². The van der Waals surface area contributed by atoms with Gasteiger partial charge >= 0.3 is 0 Å². The van der Waals surface area contributed by atoms with Gasteiger partial charge in [0.05, 0.1) is 18.2 Å². The molecule has 0 aliphatic carbocycles. The average molecular weight is 451 g/mol. The highest BCUT2D eigenvalue weighted by atomic mass is 79.9. The Hall–Kier alpha value is -1.96.